The fraction of sp³-hybridized carbons (Fsp3) is 0.421. The minimum absolute atomic E-state index is 0.00814. The van der Waals surface area contributed by atoms with Crippen LogP contribution in [0.3, 0.4) is 0 Å². The van der Waals surface area contributed by atoms with Crippen molar-refractivity contribution in [3.8, 4) is 5.75 Å². The number of hydrogen-bond acceptors (Lipinski definition) is 6. The fourth-order valence-electron chi connectivity index (χ4n) is 2.07. The highest BCUT2D eigenvalue weighted by Gasteiger charge is 2.33. The number of nitrogens with zero attached hydrogens (tertiary/aromatic N) is 2. The molecule has 0 unspecified atom stereocenters. The molecule has 1 amide bonds. The number of halogens is 5. The van der Waals surface area contributed by atoms with Gasteiger partial charge in [0.1, 0.15) is 11.6 Å². The van der Waals surface area contributed by atoms with E-state index in [-0.39, 0.29) is 29.9 Å². The Hall–Kier alpha value is -2.66. The number of alkyl halides is 3. The number of aromatic nitrogens is 2. The van der Waals surface area contributed by atoms with Gasteiger partial charge in [0.15, 0.2) is 6.61 Å². The number of nitrogens with one attached hydrogen (secondary N) is 1. The molecule has 0 saturated heterocycles. The zero-order chi connectivity index (χ0) is 22.9. The molecule has 0 aliphatic heterocycles. The number of carbonyl (C=O) groups excluding carboxylic acids is 1. The van der Waals surface area contributed by atoms with Crippen molar-refractivity contribution < 1.29 is 36.2 Å². The van der Waals surface area contributed by atoms with Crippen molar-refractivity contribution >= 4 is 17.5 Å². The smallest absolute Gasteiger partial charge is 0.484 e. The zero-order valence-corrected chi connectivity index (χ0v) is 17.0. The summed E-state index contributed by atoms with van der Waals surface area (Å²) in [7, 11) is 0. The third-order valence-electron chi connectivity index (χ3n) is 3.80. The quantitative estimate of drug-likeness (QED) is 0.551. The summed E-state index contributed by atoms with van der Waals surface area (Å²) in [4.78, 5) is 11.7. The minimum atomic E-state index is -4.43. The minimum Gasteiger partial charge on any atom is -0.484 e. The Balaban J connectivity index is 0.000000316. The number of rotatable bonds is 9. The van der Waals surface area contributed by atoms with E-state index in [0.29, 0.717) is 24.4 Å². The van der Waals surface area contributed by atoms with Gasteiger partial charge in [0.25, 0.3) is 5.91 Å². The van der Waals surface area contributed by atoms with Crippen LogP contribution in [0.5, 0.6) is 5.75 Å². The molecule has 2 aromatic rings. The van der Waals surface area contributed by atoms with Crippen molar-refractivity contribution in [2.24, 2.45) is 5.92 Å². The summed E-state index contributed by atoms with van der Waals surface area (Å²) in [5, 5.41) is 9.82. The van der Waals surface area contributed by atoms with Crippen molar-refractivity contribution in [1.82, 2.24) is 15.5 Å². The van der Waals surface area contributed by atoms with Gasteiger partial charge in [0.2, 0.25) is 12.3 Å². The molecule has 7 nitrogen and oxygen atoms in total. The number of hydrogen-bond donors (Lipinski definition) is 1. The third-order valence-corrected chi connectivity index (χ3v) is 4.11. The molecule has 170 valence electrons. The Morgan fingerprint density at radius 2 is 2.10 bits per heavy atom. The van der Waals surface area contributed by atoms with E-state index in [4.69, 9.17) is 20.8 Å². The van der Waals surface area contributed by atoms with Crippen LogP contribution in [0.25, 0.3) is 0 Å². The van der Waals surface area contributed by atoms with Crippen molar-refractivity contribution in [3.05, 3.63) is 53.6 Å². The van der Waals surface area contributed by atoms with Crippen LogP contribution >= 0.6 is 11.6 Å². The van der Waals surface area contributed by atoms with E-state index >= 15 is 0 Å². The van der Waals surface area contributed by atoms with E-state index in [1.165, 1.54) is 18.5 Å². The molecule has 0 radical (unpaired) electrons. The van der Waals surface area contributed by atoms with Gasteiger partial charge in [-0.2, -0.15) is 0 Å². The Labute approximate surface area is 180 Å². The number of ether oxygens (including phenoxy) is 2. The predicted molar refractivity (Wildman–Crippen MR) is 102 cm³/mol. The molecular formula is C19H20ClF4N3O4. The highest BCUT2D eigenvalue weighted by molar-refractivity contribution is 6.30. The summed E-state index contributed by atoms with van der Waals surface area (Å²) in [5.74, 6) is -0.155. The number of amides is 1. The van der Waals surface area contributed by atoms with Crippen molar-refractivity contribution in [2.75, 3.05) is 13.2 Å². The second-order valence-electron chi connectivity index (χ2n) is 6.55. The maximum absolute atomic E-state index is 13.2. The number of carbonyl (C=O) groups is 1. The molecule has 1 aliphatic rings. The average Bonchev–Trinajstić information content (AvgIpc) is 3.39. The van der Waals surface area contributed by atoms with Gasteiger partial charge >= 0.3 is 6.36 Å². The summed E-state index contributed by atoms with van der Waals surface area (Å²) in [6.45, 7) is 3.31. The summed E-state index contributed by atoms with van der Waals surface area (Å²) in [6, 6.07) is 3.94. The lowest BCUT2D eigenvalue weighted by Gasteiger charge is -2.09. The SMILES string of the molecule is C=C(CCc1nnco1)NC(=O)COc1ccc(Cl)c(F)c1.FC(F)(F)OCC1CC1. The normalized spacial score (nSPS) is 13.2. The molecule has 0 bridgehead atoms. The standard InChI is InChI=1S/C14H13ClFN3O3.C5H7F3O/c1-9(2-5-14-19-17-8-22-14)18-13(20)7-21-10-3-4-11(15)12(16)6-10;6-5(7,8)9-3-4-1-2-4/h3-4,6,8H,1-2,5,7H2,(H,18,20);4H,1-3H2. The lowest BCUT2D eigenvalue weighted by molar-refractivity contribution is -0.326. The Morgan fingerprint density at radius 1 is 1.35 bits per heavy atom. The molecule has 1 N–H and O–H groups in total. The largest absolute Gasteiger partial charge is 0.522 e. The highest BCUT2D eigenvalue weighted by atomic mass is 35.5. The monoisotopic (exact) mass is 465 g/mol. The summed E-state index contributed by atoms with van der Waals surface area (Å²) in [6.07, 6.45) is -0.490. The Morgan fingerprint density at radius 3 is 2.68 bits per heavy atom. The number of benzene rings is 1. The van der Waals surface area contributed by atoms with Crippen molar-refractivity contribution in [1.29, 1.82) is 0 Å². The molecule has 0 spiro atoms. The topological polar surface area (TPSA) is 86.5 Å². The van der Waals surface area contributed by atoms with Crippen LogP contribution < -0.4 is 10.1 Å². The van der Waals surface area contributed by atoms with Gasteiger partial charge in [-0.3, -0.25) is 9.53 Å². The first-order valence-corrected chi connectivity index (χ1v) is 9.51. The van der Waals surface area contributed by atoms with E-state index in [9.17, 15) is 22.4 Å². The molecular weight excluding hydrogens is 446 g/mol. The molecule has 1 aliphatic carbocycles. The first-order chi connectivity index (χ1) is 14.6. The molecule has 1 fully saturated rings. The van der Waals surface area contributed by atoms with Crippen molar-refractivity contribution in [2.45, 2.75) is 32.0 Å². The van der Waals surface area contributed by atoms with Crippen LogP contribution in [0, 0.1) is 11.7 Å². The summed E-state index contributed by atoms with van der Waals surface area (Å²) >= 11 is 5.55. The van der Waals surface area contributed by atoms with Crippen LogP contribution in [-0.4, -0.2) is 35.7 Å². The maximum Gasteiger partial charge on any atom is 0.522 e. The molecule has 3 rings (SSSR count). The third kappa shape index (κ3) is 10.8. The van der Waals surface area contributed by atoms with E-state index in [1.54, 1.807) is 0 Å². The maximum atomic E-state index is 13.2. The van der Waals surface area contributed by atoms with Gasteiger partial charge in [0, 0.05) is 18.2 Å². The van der Waals surface area contributed by atoms with Crippen LogP contribution in [0.1, 0.15) is 25.2 Å². The Kier molecular flexibility index (Phi) is 9.25. The molecule has 12 heteroatoms. The van der Waals surface area contributed by atoms with E-state index in [2.05, 4.69) is 26.8 Å². The van der Waals surface area contributed by atoms with E-state index in [1.807, 2.05) is 0 Å². The lowest BCUT2D eigenvalue weighted by Crippen LogP contribution is -2.28. The van der Waals surface area contributed by atoms with Crippen LogP contribution in [0.15, 0.2) is 41.3 Å². The predicted octanol–water partition coefficient (Wildman–Crippen LogP) is 4.44. The van der Waals surface area contributed by atoms with Gasteiger partial charge in [-0.05, 0) is 37.3 Å². The van der Waals surface area contributed by atoms with Gasteiger partial charge in [-0.15, -0.1) is 23.4 Å². The zero-order valence-electron chi connectivity index (χ0n) is 16.3. The molecule has 1 saturated carbocycles. The van der Waals surface area contributed by atoms with Gasteiger partial charge < -0.3 is 14.5 Å². The number of aryl methyl sites for hydroxylation is 1. The Bertz CT molecular complexity index is 858. The van der Waals surface area contributed by atoms with Crippen molar-refractivity contribution in [3.63, 3.8) is 0 Å². The van der Waals surface area contributed by atoms with Gasteiger partial charge in [0.05, 0.1) is 11.6 Å². The molecule has 1 aromatic heterocycles. The van der Waals surface area contributed by atoms with Crippen LogP contribution in [0.2, 0.25) is 5.02 Å². The first kappa shape index (κ1) is 24.6. The molecule has 31 heavy (non-hydrogen) atoms. The lowest BCUT2D eigenvalue weighted by atomic mass is 10.2. The van der Waals surface area contributed by atoms with Gasteiger partial charge in [-0.25, -0.2) is 4.39 Å². The average molecular weight is 466 g/mol. The molecule has 1 aromatic carbocycles. The van der Waals surface area contributed by atoms with Gasteiger partial charge in [-0.1, -0.05) is 18.2 Å². The number of allylic oxidation sites excluding steroid dienone is 1. The summed E-state index contributed by atoms with van der Waals surface area (Å²) < 4.78 is 60.6. The first-order valence-electron chi connectivity index (χ1n) is 9.13. The van der Waals surface area contributed by atoms with E-state index in [0.717, 1.165) is 18.9 Å². The highest BCUT2D eigenvalue weighted by Crippen LogP contribution is 2.31. The fourth-order valence-corrected chi connectivity index (χ4v) is 2.19. The van der Waals surface area contributed by atoms with E-state index < -0.39 is 18.1 Å². The second kappa shape index (κ2) is 11.7. The van der Waals surface area contributed by atoms with Crippen LogP contribution in [-0.2, 0) is 16.0 Å². The molecule has 0 atom stereocenters. The second-order valence-corrected chi connectivity index (χ2v) is 6.96. The summed E-state index contributed by atoms with van der Waals surface area (Å²) in [5.41, 5.74) is 0.495. The van der Waals surface area contributed by atoms with Crippen LogP contribution in [0.4, 0.5) is 17.6 Å². The molecule has 1 heterocycles.